The number of methoxy groups -OCH3 is 3. The van der Waals surface area contributed by atoms with Crippen molar-refractivity contribution in [3.05, 3.63) is 0 Å². The number of hydrogen-bond acceptors (Lipinski definition) is 18. The van der Waals surface area contributed by atoms with Gasteiger partial charge in [-0.25, -0.2) is 19.2 Å². The summed E-state index contributed by atoms with van der Waals surface area (Å²) in [5.74, 6) is -2.84. The summed E-state index contributed by atoms with van der Waals surface area (Å²) in [6.45, 7) is 1.87. The second-order valence-corrected chi connectivity index (χ2v) is 12.2. The zero-order valence-electron chi connectivity index (χ0n) is 33.7. The molecule has 0 aliphatic carbocycles. The fourth-order valence-electron chi connectivity index (χ4n) is 4.16. The van der Waals surface area contributed by atoms with Crippen LogP contribution in [0.4, 0.5) is 0 Å². The van der Waals surface area contributed by atoms with E-state index in [0.29, 0.717) is 77.2 Å². The zero-order valence-corrected chi connectivity index (χ0v) is 33.7. The van der Waals surface area contributed by atoms with Crippen molar-refractivity contribution in [2.75, 3.05) is 87.4 Å². The first-order valence-corrected chi connectivity index (χ1v) is 19.0. The Labute approximate surface area is 330 Å². The molecule has 0 aromatic rings. The molecule has 0 saturated heterocycles. The Kier molecular flexibility index (Phi) is 39.0. The Balaban J connectivity index is 0. The molecule has 0 spiro atoms. The Bertz CT molecular complexity index is 1050. The summed E-state index contributed by atoms with van der Waals surface area (Å²) < 4.78 is 48.5. The molecule has 0 radical (unpaired) electrons. The van der Waals surface area contributed by atoms with Gasteiger partial charge in [-0.2, -0.15) is 0 Å². The normalized spacial score (nSPS) is 10.3. The molecule has 0 fully saturated rings. The molecule has 0 bridgehead atoms. The van der Waals surface area contributed by atoms with E-state index in [-0.39, 0.29) is 83.2 Å². The lowest BCUT2D eigenvalue weighted by Gasteiger charge is -2.07. The van der Waals surface area contributed by atoms with Gasteiger partial charge in [0.05, 0.1) is 47.3 Å². The highest BCUT2D eigenvalue weighted by Gasteiger charge is 2.10. The van der Waals surface area contributed by atoms with Gasteiger partial charge in [-0.15, -0.1) is 0 Å². The van der Waals surface area contributed by atoms with Crippen molar-refractivity contribution in [2.45, 2.75) is 110 Å². The van der Waals surface area contributed by atoms with E-state index >= 15 is 0 Å². The quantitative estimate of drug-likeness (QED) is 0.0506. The van der Waals surface area contributed by atoms with Crippen LogP contribution in [0.2, 0.25) is 0 Å². The minimum absolute atomic E-state index is 0.153. The molecule has 0 amide bonds. The van der Waals surface area contributed by atoms with Crippen LogP contribution in [0, 0.1) is 0 Å². The van der Waals surface area contributed by atoms with Gasteiger partial charge in [0, 0.05) is 32.8 Å². The van der Waals surface area contributed by atoms with Crippen LogP contribution in [0.1, 0.15) is 110 Å². The molecule has 0 N–H and O–H groups in total. The number of ether oxygens (including phenoxy) is 10. The maximum absolute atomic E-state index is 11.5. The van der Waals surface area contributed by atoms with Crippen LogP contribution in [0.25, 0.3) is 0 Å². The van der Waals surface area contributed by atoms with Crippen LogP contribution in [0.15, 0.2) is 0 Å². The maximum Gasteiger partial charge on any atom is 0.332 e. The van der Waals surface area contributed by atoms with E-state index in [0.717, 1.165) is 32.1 Å². The van der Waals surface area contributed by atoms with E-state index in [9.17, 15) is 38.4 Å². The van der Waals surface area contributed by atoms with Gasteiger partial charge in [0.25, 0.3) is 0 Å². The molecule has 0 saturated carbocycles. The first-order valence-electron chi connectivity index (χ1n) is 19.0. The summed E-state index contributed by atoms with van der Waals surface area (Å²) in [6.07, 6.45) is 9.97. The molecule has 0 aliphatic rings. The van der Waals surface area contributed by atoms with Crippen LogP contribution in [-0.4, -0.2) is 135 Å². The summed E-state index contributed by atoms with van der Waals surface area (Å²) in [5, 5.41) is 0. The molecule has 0 aromatic carbocycles. The number of carbonyl (C=O) groups is 8. The highest BCUT2D eigenvalue weighted by molar-refractivity contribution is 5.75. The lowest BCUT2D eigenvalue weighted by Crippen LogP contribution is -2.19. The third-order valence-corrected chi connectivity index (χ3v) is 7.19. The molecular weight excluding hydrogens is 744 g/mol. The molecular formula is C38H64O18. The van der Waals surface area contributed by atoms with Gasteiger partial charge >= 0.3 is 41.8 Å². The third kappa shape index (κ3) is 42.6. The third-order valence-electron chi connectivity index (χ3n) is 7.19. The van der Waals surface area contributed by atoms with Crippen molar-refractivity contribution in [3.63, 3.8) is 0 Å². The minimum Gasteiger partial charge on any atom is -0.469 e. The second-order valence-electron chi connectivity index (χ2n) is 12.2. The number of Topliss-reactive ketones (excluding diaryl/α,β-unsaturated/α-hetero) is 1. The molecule has 18 nitrogen and oxygen atoms in total. The van der Waals surface area contributed by atoms with Gasteiger partial charge in [0.2, 0.25) is 0 Å². The van der Waals surface area contributed by atoms with Gasteiger partial charge < -0.3 is 52.2 Å². The van der Waals surface area contributed by atoms with Gasteiger partial charge in [0.15, 0.2) is 0 Å². The largest absolute Gasteiger partial charge is 0.469 e. The monoisotopic (exact) mass is 808 g/mol. The molecule has 56 heavy (non-hydrogen) atoms. The SMILES string of the molecule is COC(=O)CCCCCOC(=O)COCC(=O)OCCCCCC(=O)OC.COCCOC(=O)CCCCCOC(=O)COCC(=O)OCCCCCC(C)=O. The molecule has 0 rings (SSSR count). The van der Waals surface area contributed by atoms with Crippen LogP contribution in [0.3, 0.4) is 0 Å². The number of carbonyl (C=O) groups excluding carboxylic acids is 8. The second kappa shape index (κ2) is 40.5. The lowest BCUT2D eigenvalue weighted by atomic mass is 10.1. The smallest absolute Gasteiger partial charge is 0.332 e. The molecule has 0 atom stereocenters. The van der Waals surface area contributed by atoms with Crippen molar-refractivity contribution in [1.29, 1.82) is 0 Å². The summed E-state index contributed by atoms with van der Waals surface area (Å²) in [7, 11) is 4.22. The summed E-state index contributed by atoms with van der Waals surface area (Å²) in [4.78, 5) is 89.7. The van der Waals surface area contributed by atoms with Crippen LogP contribution in [-0.2, 0) is 85.7 Å². The number of esters is 7. The van der Waals surface area contributed by atoms with Gasteiger partial charge in [-0.3, -0.25) is 14.4 Å². The fourth-order valence-corrected chi connectivity index (χ4v) is 4.16. The number of unbranched alkanes of at least 4 members (excludes halogenated alkanes) is 8. The van der Waals surface area contributed by atoms with Gasteiger partial charge in [-0.05, 0) is 84.0 Å². The zero-order chi connectivity index (χ0) is 42.1. The van der Waals surface area contributed by atoms with Crippen LogP contribution in [0.5, 0.6) is 0 Å². The Morgan fingerprint density at radius 2 is 0.625 bits per heavy atom. The van der Waals surface area contributed by atoms with Crippen LogP contribution >= 0.6 is 0 Å². The first kappa shape index (κ1) is 53.9. The first-order chi connectivity index (χ1) is 26.9. The average Bonchev–Trinajstić information content (AvgIpc) is 3.17. The lowest BCUT2D eigenvalue weighted by molar-refractivity contribution is -0.157. The summed E-state index contributed by atoms with van der Waals surface area (Å²) >= 11 is 0. The topological polar surface area (TPSA) is 229 Å². The number of rotatable bonds is 35. The van der Waals surface area contributed by atoms with Crippen molar-refractivity contribution < 1.29 is 85.7 Å². The van der Waals surface area contributed by atoms with Crippen molar-refractivity contribution >= 4 is 47.6 Å². The van der Waals surface area contributed by atoms with E-state index in [4.69, 9.17) is 37.9 Å². The Hall–Kier alpha value is -4.16. The van der Waals surface area contributed by atoms with Crippen LogP contribution < -0.4 is 0 Å². The van der Waals surface area contributed by atoms with Gasteiger partial charge in [-0.1, -0.05) is 0 Å². The predicted octanol–water partition coefficient (Wildman–Crippen LogP) is 3.55. The van der Waals surface area contributed by atoms with E-state index in [1.165, 1.54) is 21.3 Å². The molecule has 18 heteroatoms. The molecule has 0 heterocycles. The van der Waals surface area contributed by atoms with Crippen molar-refractivity contribution in [3.8, 4) is 0 Å². The van der Waals surface area contributed by atoms with Crippen molar-refractivity contribution in [2.24, 2.45) is 0 Å². The molecule has 0 unspecified atom stereocenters. The van der Waals surface area contributed by atoms with Gasteiger partial charge in [0.1, 0.15) is 38.8 Å². The Morgan fingerprint density at radius 1 is 0.321 bits per heavy atom. The highest BCUT2D eigenvalue weighted by Crippen LogP contribution is 2.05. The van der Waals surface area contributed by atoms with Crippen molar-refractivity contribution in [1.82, 2.24) is 0 Å². The molecule has 0 aromatic heterocycles. The predicted molar refractivity (Wildman–Crippen MR) is 197 cm³/mol. The van der Waals surface area contributed by atoms with E-state index in [1.807, 2.05) is 0 Å². The fraction of sp³-hybridized carbons (Fsp3) is 0.789. The number of hydrogen-bond donors (Lipinski definition) is 0. The summed E-state index contributed by atoms with van der Waals surface area (Å²) in [6, 6.07) is 0. The molecule has 324 valence electrons. The summed E-state index contributed by atoms with van der Waals surface area (Å²) in [5.41, 5.74) is 0. The highest BCUT2D eigenvalue weighted by atomic mass is 16.6. The number of ketones is 1. The van der Waals surface area contributed by atoms with E-state index < -0.39 is 23.9 Å². The van der Waals surface area contributed by atoms with E-state index in [1.54, 1.807) is 6.92 Å². The standard InChI is InChI=1S/C20H34O9.C18H30O9/c1-17(21)9-5-3-7-11-27-19(23)15-26-16-20(24)28-12-8-4-6-10-18(22)29-14-13-25-2;1-23-15(19)9-5-3-7-11-26-17(21)13-25-14-18(22)27-12-8-4-6-10-16(20)24-2/h3-16H2,1-2H3;3-14H2,1-2H3. The maximum atomic E-state index is 11.5. The minimum atomic E-state index is -0.557. The van der Waals surface area contributed by atoms with E-state index in [2.05, 4.69) is 9.47 Å². The average molecular weight is 809 g/mol. The molecule has 0 aliphatic heterocycles. The Morgan fingerprint density at radius 3 is 0.929 bits per heavy atom.